The smallest absolute Gasteiger partial charge is 0.335 e. The molecule has 1 atom stereocenters. The number of esters is 2. The summed E-state index contributed by atoms with van der Waals surface area (Å²) in [4.78, 5) is 22.2. The first kappa shape index (κ1) is 12.9. The Balaban J connectivity index is 4.01. The Kier molecular flexibility index (Phi) is 6.74. The molecule has 0 aromatic rings. The van der Waals surface area contributed by atoms with E-state index in [0.717, 1.165) is 0 Å². The van der Waals surface area contributed by atoms with Gasteiger partial charge in [0.05, 0.1) is 19.6 Å². The zero-order valence-corrected chi connectivity index (χ0v) is 8.74. The Labute approximate surface area is 83.3 Å². The predicted octanol–water partition coefficient (Wildman–Crippen LogP) is 0.518. The molecule has 14 heavy (non-hydrogen) atoms. The van der Waals surface area contributed by atoms with Crippen LogP contribution in [0.2, 0.25) is 0 Å². The first-order valence-corrected chi connectivity index (χ1v) is 4.50. The average Bonchev–Trinajstić information content (AvgIpc) is 2.15. The molecule has 0 aliphatic heterocycles. The highest BCUT2D eigenvalue weighted by Crippen LogP contribution is 2.02. The van der Waals surface area contributed by atoms with Crippen molar-refractivity contribution in [1.29, 1.82) is 0 Å². The summed E-state index contributed by atoms with van der Waals surface area (Å²) < 4.78 is 14.2. The van der Waals surface area contributed by atoms with Crippen LogP contribution in [0.4, 0.5) is 0 Å². The van der Waals surface area contributed by atoms with Crippen molar-refractivity contribution in [2.75, 3.05) is 20.3 Å². The second-order valence-electron chi connectivity index (χ2n) is 2.49. The van der Waals surface area contributed by atoms with E-state index in [1.54, 1.807) is 13.8 Å². The summed E-state index contributed by atoms with van der Waals surface area (Å²) in [6, 6.07) is 0. The molecule has 0 saturated heterocycles. The highest BCUT2D eigenvalue weighted by Gasteiger charge is 2.23. The van der Waals surface area contributed by atoms with Crippen molar-refractivity contribution in [2.24, 2.45) is 0 Å². The Morgan fingerprint density at radius 3 is 2.14 bits per heavy atom. The van der Waals surface area contributed by atoms with Crippen molar-refractivity contribution in [3.63, 3.8) is 0 Å². The van der Waals surface area contributed by atoms with Gasteiger partial charge in [-0.2, -0.15) is 0 Å². The highest BCUT2D eigenvalue weighted by atomic mass is 16.6. The minimum atomic E-state index is -0.867. The fourth-order valence-electron chi connectivity index (χ4n) is 0.869. The van der Waals surface area contributed by atoms with Crippen LogP contribution in [-0.4, -0.2) is 38.4 Å². The van der Waals surface area contributed by atoms with Gasteiger partial charge in [-0.25, -0.2) is 4.79 Å². The Morgan fingerprint density at radius 2 is 1.71 bits per heavy atom. The van der Waals surface area contributed by atoms with Gasteiger partial charge in [0.2, 0.25) is 0 Å². The number of rotatable bonds is 6. The van der Waals surface area contributed by atoms with E-state index in [4.69, 9.17) is 9.47 Å². The Bertz CT molecular complexity index is 190. The lowest BCUT2D eigenvalue weighted by Gasteiger charge is -2.12. The quantitative estimate of drug-likeness (QED) is 0.590. The van der Waals surface area contributed by atoms with Crippen LogP contribution >= 0.6 is 0 Å². The SMILES string of the molecule is CCOC(=O)C[C@H](OC)C(=O)OCC. The van der Waals surface area contributed by atoms with E-state index in [9.17, 15) is 9.59 Å². The van der Waals surface area contributed by atoms with E-state index in [1.807, 2.05) is 0 Å². The lowest BCUT2D eigenvalue weighted by molar-refractivity contribution is -0.161. The lowest BCUT2D eigenvalue weighted by Crippen LogP contribution is -2.28. The average molecular weight is 204 g/mol. The maximum absolute atomic E-state index is 11.2. The summed E-state index contributed by atoms with van der Waals surface area (Å²) in [6.45, 7) is 3.94. The number of hydrogen-bond acceptors (Lipinski definition) is 5. The van der Waals surface area contributed by atoms with Crippen LogP contribution in [0.25, 0.3) is 0 Å². The van der Waals surface area contributed by atoms with Crippen LogP contribution in [0.3, 0.4) is 0 Å². The standard InChI is InChI=1S/C9H16O5/c1-4-13-8(10)6-7(12-3)9(11)14-5-2/h7H,4-6H2,1-3H3/t7-/m0/s1. The van der Waals surface area contributed by atoms with E-state index < -0.39 is 18.0 Å². The zero-order valence-electron chi connectivity index (χ0n) is 8.74. The largest absolute Gasteiger partial charge is 0.466 e. The Morgan fingerprint density at radius 1 is 1.14 bits per heavy atom. The van der Waals surface area contributed by atoms with E-state index in [1.165, 1.54) is 7.11 Å². The van der Waals surface area contributed by atoms with E-state index in [0.29, 0.717) is 0 Å². The number of carbonyl (C=O) groups excluding carboxylic acids is 2. The van der Waals surface area contributed by atoms with Gasteiger partial charge in [0.1, 0.15) is 0 Å². The van der Waals surface area contributed by atoms with Crippen molar-refractivity contribution < 1.29 is 23.8 Å². The number of methoxy groups -OCH3 is 1. The molecule has 0 aliphatic carbocycles. The molecule has 0 unspecified atom stereocenters. The van der Waals surface area contributed by atoms with E-state index in [2.05, 4.69) is 4.74 Å². The van der Waals surface area contributed by atoms with Crippen molar-refractivity contribution in [3.05, 3.63) is 0 Å². The van der Waals surface area contributed by atoms with Crippen LogP contribution in [0.5, 0.6) is 0 Å². The molecule has 0 spiro atoms. The molecule has 0 amide bonds. The first-order chi connectivity index (χ1) is 6.65. The van der Waals surface area contributed by atoms with Crippen molar-refractivity contribution in [2.45, 2.75) is 26.4 Å². The van der Waals surface area contributed by atoms with E-state index in [-0.39, 0.29) is 19.6 Å². The van der Waals surface area contributed by atoms with Gasteiger partial charge in [-0.3, -0.25) is 4.79 Å². The van der Waals surface area contributed by atoms with Gasteiger partial charge in [0, 0.05) is 7.11 Å². The van der Waals surface area contributed by atoms with Crippen LogP contribution in [0, 0.1) is 0 Å². The minimum absolute atomic E-state index is 0.108. The van der Waals surface area contributed by atoms with Gasteiger partial charge in [-0.15, -0.1) is 0 Å². The molecule has 0 saturated carbocycles. The third-order valence-corrected chi connectivity index (χ3v) is 1.49. The maximum atomic E-state index is 11.2. The van der Waals surface area contributed by atoms with Gasteiger partial charge in [0.15, 0.2) is 6.10 Å². The van der Waals surface area contributed by atoms with Gasteiger partial charge in [-0.05, 0) is 13.8 Å². The molecule has 5 nitrogen and oxygen atoms in total. The number of carbonyl (C=O) groups is 2. The molecule has 0 fully saturated rings. The molecule has 82 valence electrons. The topological polar surface area (TPSA) is 61.8 Å². The molecule has 0 rings (SSSR count). The molecule has 5 heteroatoms. The van der Waals surface area contributed by atoms with Crippen LogP contribution in [0.15, 0.2) is 0 Å². The molecule has 0 radical (unpaired) electrons. The normalized spacial score (nSPS) is 11.9. The van der Waals surface area contributed by atoms with Crippen LogP contribution in [-0.2, 0) is 23.8 Å². The molecule has 0 bridgehead atoms. The summed E-state index contributed by atoms with van der Waals surface area (Å²) in [5.74, 6) is -1.00. The first-order valence-electron chi connectivity index (χ1n) is 4.50. The predicted molar refractivity (Wildman–Crippen MR) is 48.7 cm³/mol. The number of hydrogen-bond donors (Lipinski definition) is 0. The molecule has 0 heterocycles. The van der Waals surface area contributed by atoms with Crippen LogP contribution in [0.1, 0.15) is 20.3 Å². The van der Waals surface area contributed by atoms with E-state index >= 15 is 0 Å². The summed E-state index contributed by atoms with van der Waals surface area (Å²) in [5.41, 5.74) is 0. The van der Waals surface area contributed by atoms with Gasteiger partial charge >= 0.3 is 11.9 Å². The zero-order chi connectivity index (χ0) is 11.0. The highest BCUT2D eigenvalue weighted by molar-refractivity contribution is 5.81. The van der Waals surface area contributed by atoms with Gasteiger partial charge < -0.3 is 14.2 Å². The van der Waals surface area contributed by atoms with Gasteiger partial charge in [0.25, 0.3) is 0 Å². The summed E-state index contributed by atoms with van der Waals surface area (Å²) in [5, 5.41) is 0. The van der Waals surface area contributed by atoms with Gasteiger partial charge in [-0.1, -0.05) is 0 Å². The summed E-state index contributed by atoms with van der Waals surface area (Å²) in [7, 11) is 1.35. The van der Waals surface area contributed by atoms with Crippen molar-refractivity contribution in [1.82, 2.24) is 0 Å². The monoisotopic (exact) mass is 204 g/mol. The molecule has 0 aromatic carbocycles. The molecular formula is C9H16O5. The fourth-order valence-corrected chi connectivity index (χ4v) is 0.869. The van der Waals surface area contributed by atoms with Crippen LogP contribution < -0.4 is 0 Å². The minimum Gasteiger partial charge on any atom is -0.466 e. The third-order valence-electron chi connectivity index (χ3n) is 1.49. The molecule has 0 N–H and O–H groups in total. The third kappa shape index (κ3) is 4.81. The van der Waals surface area contributed by atoms with Crippen molar-refractivity contribution >= 4 is 11.9 Å². The number of ether oxygens (including phenoxy) is 3. The maximum Gasteiger partial charge on any atom is 0.335 e. The summed E-state index contributed by atoms with van der Waals surface area (Å²) in [6.07, 6.45) is -0.975. The molecular weight excluding hydrogens is 188 g/mol. The lowest BCUT2D eigenvalue weighted by atomic mass is 10.2. The molecule has 0 aliphatic rings. The second-order valence-corrected chi connectivity index (χ2v) is 2.49. The second kappa shape index (κ2) is 7.32. The Hall–Kier alpha value is -1.10. The molecule has 0 aromatic heterocycles. The van der Waals surface area contributed by atoms with Crippen molar-refractivity contribution in [3.8, 4) is 0 Å². The fraction of sp³-hybridized carbons (Fsp3) is 0.778. The summed E-state index contributed by atoms with van der Waals surface area (Å²) >= 11 is 0.